The molecule has 4 rings (SSSR count). The summed E-state index contributed by atoms with van der Waals surface area (Å²) in [5.41, 5.74) is -19.1. The molecule has 0 saturated carbocycles. The van der Waals surface area contributed by atoms with Crippen LogP contribution in [0, 0.1) is 6.07 Å². The van der Waals surface area contributed by atoms with Crippen molar-refractivity contribution in [1.29, 1.82) is 0 Å². The third kappa shape index (κ3) is 14.9. The first-order valence-electron chi connectivity index (χ1n) is 19.9. The number of nitrogens with zero attached hydrogens (tertiary/aromatic N) is 1. The highest BCUT2D eigenvalue weighted by molar-refractivity contribution is 6.39. The summed E-state index contributed by atoms with van der Waals surface area (Å²) in [7, 11) is -3.34. The van der Waals surface area contributed by atoms with Crippen LogP contribution < -0.4 is 14.0 Å². The van der Waals surface area contributed by atoms with Gasteiger partial charge in [0, 0.05) is 6.92 Å². The maximum Gasteiger partial charge on any atom is 0.864 e. The first kappa shape index (κ1) is 60.9. The van der Waals surface area contributed by atoms with Crippen molar-refractivity contribution >= 4 is 7.32 Å². The second-order valence-corrected chi connectivity index (χ2v) is 15.0. The van der Waals surface area contributed by atoms with Gasteiger partial charge in [0.1, 0.15) is 17.2 Å². The van der Waals surface area contributed by atoms with E-state index in [9.17, 15) is 105 Å². The van der Waals surface area contributed by atoms with Crippen LogP contribution in [0.2, 0.25) is 0 Å². The first-order chi connectivity index (χ1) is 32.4. The standard InChI is InChI=1S/C34H31BF18NO4.C8H3F6/c1-6-54(7-2,8-3)28(5,55-9-4)27-25(34(51,52)53)16-22(33(48,49)50)17-26(27)58-35(56-23-12-18(29(36,37)38)10-19(13-23)30(39,40)41)57-24-14-20(31(42,43)44)11-21(15-24)32(45,46)47;9-7(10,11)5-2-1-3-6(4-5)8(12,13)14/h10-17H,6-9H2,1-5H3;2-4H/q+1;-1. The Morgan fingerprint density at radius 3 is 0.986 bits per heavy atom. The van der Waals surface area contributed by atoms with Gasteiger partial charge in [-0.1, -0.05) is 11.1 Å². The van der Waals surface area contributed by atoms with E-state index in [1.165, 1.54) is 27.7 Å². The van der Waals surface area contributed by atoms with Gasteiger partial charge in [-0.05, 0) is 76.2 Å². The van der Waals surface area contributed by atoms with E-state index in [1.807, 2.05) is 0 Å². The van der Waals surface area contributed by atoms with Crippen LogP contribution in [0.1, 0.15) is 84.7 Å². The number of halogens is 24. The molecule has 0 amide bonds. The van der Waals surface area contributed by atoms with Crippen molar-refractivity contribution in [3.05, 3.63) is 123 Å². The average Bonchev–Trinajstić information content (AvgIpc) is 3.22. The molecule has 0 aliphatic carbocycles. The summed E-state index contributed by atoms with van der Waals surface area (Å²) in [5, 5.41) is 0. The lowest BCUT2D eigenvalue weighted by Crippen LogP contribution is -2.62. The predicted octanol–water partition coefficient (Wildman–Crippen LogP) is 15.9. The molecule has 0 radical (unpaired) electrons. The van der Waals surface area contributed by atoms with Crippen LogP contribution in [0.15, 0.2) is 66.7 Å². The summed E-state index contributed by atoms with van der Waals surface area (Å²) in [6.07, 6.45) is -43.4. The highest BCUT2D eigenvalue weighted by atomic mass is 19.4. The van der Waals surface area contributed by atoms with Crippen molar-refractivity contribution in [2.45, 2.75) is 89.8 Å². The molecule has 1 unspecified atom stereocenters. The fourth-order valence-electron chi connectivity index (χ4n) is 7.06. The van der Waals surface area contributed by atoms with Gasteiger partial charge >= 0.3 is 56.7 Å². The van der Waals surface area contributed by atoms with E-state index in [1.54, 1.807) is 6.07 Å². The molecule has 0 heterocycles. The molecule has 0 saturated heterocycles. The number of rotatable bonds is 13. The monoisotopic (exact) mass is 1080 g/mol. The molecule has 1 atom stereocenters. The molecule has 0 aliphatic heterocycles. The highest BCUT2D eigenvalue weighted by Gasteiger charge is 2.55. The Kier molecular flexibility index (Phi) is 17.9. The number of ether oxygens (including phenoxy) is 1. The molecular weight excluding hydrogens is 1050 g/mol. The molecule has 0 aliphatic rings. The predicted molar refractivity (Wildman–Crippen MR) is 203 cm³/mol. The number of alkyl halides is 24. The molecule has 0 spiro atoms. The number of quaternary nitrogens is 1. The smallest absolute Gasteiger partial charge is 0.490 e. The molecule has 4 aromatic carbocycles. The molecule has 0 aromatic heterocycles. The van der Waals surface area contributed by atoms with E-state index in [0.717, 1.165) is 6.92 Å². The normalized spacial score (nSPS) is 14.3. The van der Waals surface area contributed by atoms with E-state index in [-0.39, 0.29) is 62.1 Å². The fourth-order valence-corrected chi connectivity index (χ4v) is 7.06. The van der Waals surface area contributed by atoms with Gasteiger partial charge < -0.3 is 18.7 Å². The minimum absolute atomic E-state index is 0.0521. The fraction of sp³-hybridized carbons (Fsp3) is 0.429. The second kappa shape index (κ2) is 21.2. The molecule has 5 nitrogen and oxygen atoms in total. The molecule has 0 bridgehead atoms. The zero-order chi connectivity index (χ0) is 55.6. The lowest BCUT2D eigenvalue weighted by Gasteiger charge is -2.50. The summed E-state index contributed by atoms with van der Waals surface area (Å²) in [4.78, 5) is 0. The van der Waals surface area contributed by atoms with Gasteiger partial charge in [-0.3, -0.25) is 4.48 Å². The van der Waals surface area contributed by atoms with Gasteiger partial charge in [-0.15, -0.1) is 6.07 Å². The molecule has 72 heavy (non-hydrogen) atoms. The minimum atomic E-state index is -5.74. The SMILES string of the molecule is CCOC(C)(c1c(OB(Oc2cc(C(F)(F)F)cc(C(F)(F)F)c2)Oc2cc(C(F)(F)F)cc(C(F)(F)F)c2)cc(C(F)(F)F)cc1C(F)(F)F)[N+](CC)(CC)CC.FC(F)(F)c1c[c-]cc(C(F)(F)F)c1. The van der Waals surface area contributed by atoms with E-state index in [2.05, 4.69) is 0 Å². The summed E-state index contributed by atoms with van der Waals surface area (Å²) < 4.78 is 345. The molecule has 0 N–H and O–H groups in total. The molecule has 0 fully saturated rings. The maximum absolute atomic E-state index is 14.9. The largest absolute Gasteiger partial charge is 0.864 e. The van der Waals surface area contributed by atoms with Gasteiger partial charge in [0.2, 0.25) is 5.72 Å². The summed E-state index contributed by atoms with van der Waals surface area (Å²) in [5.74, 6) is -4.84. The van der Waals surface area contributed by atoms with Gasteiger partial charge in [0.05, 0.1) is 65.2 Å². The van der Waals surface area contributed by atoms with Crippen molar-refractivity contribution in [3.63, 3.8) is 0 Å². The maximum atomic E-state index is 14.9. The number of hydrogen-bond acceptors (Lipinski definition) is 4. The lowest BCUT2D eigenvalue weighted by atomic mass is 9.90. The van der Waals surface area contributed by atoms with Crippen molar-refractivity contribution in [2.24, 2.45) is 0 Å². The van der Waals surface area contributed by atoms with Crippen molar-refractivity contribution < 1.29 is 129 Å². The van der Waals surface area contributed by atoms with Gasteiger partial charge in [-0.25, -0.2) is 0 Å². The Balaban J connectivity index is 0.000000838. The van der Waals surface area contributed by atoms with Gasteiger partial charge in [-0.2, -0.15) is 124 Å². The van der Waals surface area contributed by atoms with E-state index in [0.29, 0.717) is 12.1 Å². The highest BCUT2D eigenvalue weighted by Crippen LogP contribution is 2.51. The molecule has 30 heteroatoms. The Morgan fingerprint density at radius 2 is 0.708 bits per heavy atom. The molecular formula is C42H34BF24NO4. The van der Waals surface area contributed by atoms with Gasteiger partial charge in [0.25, 0.3) is 0 Å². The van der Waals surface area contributed by atoms with Crippen LogP contribution >= 0.6 is 0 Å². The van der Waals surface area contributed by atoms with Crippen LogP contribution in [0.5, 0.6) is 17.2 Å². The quantitative estimate of drug-likeness (QED) is 0.0440. The van der Waals surface area contributed by atoms with E-state index in [4.69, 9.17) is 18.7 Å². The number of benzene rings is 4. The summed E-state index contributed by atoms with van der Waals surface area (Å²) in [6, 6.07) is 0.714. The van der Waals surface area contributed by atoms with Crippen LogP contribution in [0.4, 0.5) is 105 Å². The molecule has 4 aromatic rings. The zero-order valence-electron chi connectivity index (χ0n) is 36.9. The van der Waals surface area contributed by atoms with Crippen LogP contribution in [-0.2, 0) is 59.9 Å². The van der Waals surface area contributed by atoms with E-state index < -0.39 is 153 Å². The van der Waals surface area contributed by atoms with Crippen molar-refractivity contribution in [3.8, 4) is 17.2 Å². The Labute approximate surface area is 392 Å². The molecule has 402 valence electrons. The van der Waals surface area contributed by atoms with Crippen LogP contribution in [0.3, 0.4) is 0 Å². The topological polar surface area (TPSA) is 36.9 Å². The average molecular weight is 1080 g/mol. The lowest BCUT2D eigenvalue weighted by molar-refractivity contribution is -1.00. The summed E-state index contributed by atoms with van der Waals surface area (Å²) in [6.45, 7) is 5.82. The van der Waals surface area contributed by atoms with Crippen molar-refractivity contribution in [1.82, 2.24) is 0 Å². The second-order valence-electron chi connectivity index (χ2n) is 15.0. The third-order valence-corrected chi connectivity index (χ3v) is 10.6. The Hall–Kier alpha value is -5.42. The van der Waals surface area contributed by atoms with Crippen LogP contribution in [0.25, 0.3) is 0 Å². The Bertz CT molecular complexity index is 2290. The van der Waals surface area contributed by atoms with Gasteiger partial charge in [0.15, 0.2) is 0 Å². The Morgan fingerprint density at radius 1 is 0.403 bits per heavy atom. The summed E-state index contributed by atoms with van der Waals surface area (Å²) >= 11 is 0. The minimum Gasteiger partial charge on any atom is -0.490 e. The zero-order valence-corrected chi connectivity index (χ0v) is 36.9. The third-order valence-electron chi connectivity index (χ3n) is 10.6. The van der Waals surface area contributed by atoms with Crippen LogP contribution in [-0.4, -0.2) is 38.0 Å². The van der Waals surface area contributed by atoms with E-state index >= 15 is 0 Å². The first-order valence-corrected chi connectivity index (χ1v) is 19.9. The van der Waals surface area contributed by atoms with Crippen molar-refractivity contribution in [2.75, 3.05) is 26.2 Å². The number of hydrogen-bond donors (Lipinski definition) is 0.